The van der Waals surface area contributed by atoms with Gasteiger partial charge < -0.3 is 11.1 Å². The van der Waals surface area contributed by atoms with Gasteiger partial charge in [-0.1, -0.05) is 6.92 Å². The summed E-state index contributed by atoms with van der Waals surface area (Å²) < 4.78 is 0. The van der Waals surface area contributed by atoms with Crippen molar-refractivity contribution >= 4 is 17.3 Å². The molecule has 3 N–H and O–H groups in total. The Bertz CT molecular complexity index is 294. The third-order valence-corrected chi connectivity index (χ3v) is 2.94. The number of aromatic nitrogens is 1. The lowest BCUT2D eigenvalue weighted by Gasteiger charge is -2.11. The Morgan fingerprint density at radius 1 is 1.73 bits per heavy atom. The van der Waals surface area contributed by atoms with Crippen LogP contribution in [-0.4, -0.2) is 23.5 Å². The van der Waals surface area contributed by atoms with Crippen LogP contribution in [0.4, 0.5) is 0 Å². The summed E-state index contributed by atoms with van der Waals surface area (Å²) >= 11 is 1.65. The molecule has 0 bridgehead atoms. The summed E-state index contributed by atoms with van der Waals surface area (Å²) in [5.41, 5.74) is 5.71. The average molecular weight is 226 g/mol. The van der Waals surface area contributed by atoms with Gasteiger partial charge in [0.05, 0.1) is 5.01 Å². The van der Waals surface area contributed by atoms with Gasteiger partial charge in [-0.25, -0.2) is 4.98 Å². The van der Waals surface area contributed by atoms with E-state index in [0.29, 0.717) is 18.5 Å². The van der Waals surface area contributed by atoms with E-state index in [4.69, 9.17) is 5.73 Å². The van der Waals surface area contributed by atoms with Crippen molar-refractivity contribution in [1.82, 2.24) is 10.3 Å². The lowest BCUT2D eigenvalue weighted by Crippen LogP contribution is -2.38. The Morgan fingerprint density at radius 3 is 3.13 bits per heavy atom. The largest absolute Gasteiger partial charge is 0.370 e. The first kappa shape index (κ1) is 12.0. The highest BCUT2D eigenvalue weighted by molar-refractivity contribution is 7.09. The highest BCUT2D eigenvalue weighted by Crippen LogP contribution is 2.04. The van der Waals surface area contributed by atoms with E-state index in [9.17, 15) is 0 Å². The maximum absolute atomic E-state index is 5.71. The molecule has 0 radical (unpaired) electrons. The predicted octanol–water partition coefficient (Wildman–Crippen LogP) is 1.39. The first-order valence-electron chi connectivity index (χ1n) is 5.17. The number of aliphatic imine (C=N–C) groups is 1. The van der Waals surface area contributed by atoms with Gasteiger partial charge in [0.15, 0.2) is 5.96 Å². The van der Waals surface area contributed by atoms with Crippen LogP contribution in [0, 0.1) is 0 Å². The third-order valence-electron chi connectivity index (χ3n) is 2.10. The van der Waals surface area contributed by atoms with Gasteiger partial charge in [0.1, 0.15) is 0 Å². The molecule has 0 aromatic carbocycles. The highest BCUT2D eigenvalue weighted by Gasteiger charge is 1.99. The summed E-state index contributed by atoms with van der Waals surface area (Å²) in [4.78, 5) is 8.42. The van der Waals surface area contributed by atoms with Crippen LogP contribution < -0.4 is 11.1 Å². The molecule has 15 heavy (non-hydrogen) atoms. The molecule has 0 aliphatic rings. The zero-order valence-electron chi connectivity index (χ0n) is 9.23. The number of thiazole rings is 1. The van der Waals surface area contributed by atoms with Crippen LogP contribution in [-0.2, 0) is 6.42 Å². The van der Waals surface area contributed by atoms with Gasteiger partial charge in [-0.05, 0) is 13.3 Å². The van der Waals surface area contributed by atoms with Crippen molar-refractivity contribution in [3.8, 4) is 0 Å². The molecule has 84 valence electrons. The van der Waals surface area contributed by atoms with Crippen LogP contribution in [0.3, 0.4) is 0 Å². The number of hydrogen-bond donors (Lipinski definition) is 2. The smallest absolute Gasteiger partial charge is 0.188 e. The number of hydrogen-bond acceptors (Lipinski definition) is 3. The molecule has 0 aliphatic heterocycles. The fourth-order valence-corrected chi connectivity index (χ4v) is 1.66. The molecule has 0 amide bonds. The minimum Gasteiger partial charge on any atom is -0.370 e. The fourth-order valence-electron chi connectivity index (χ4n) is 1.05. The van der Waals surface area contributed by atoms with Crippen LogP contribution in [0.25, 0.3) is 0 Å². The fraction of sp³-hybridized carbons (Fsp3) is 0.600. The zero-order valence-corrected chi connectivity index (χ0v) is 10.0. The molecule has 1 atom stereocenters. The Kier molecular flexibility index (Phi) is 5.10. The lowest BCUT2D eigenvalue weighted by molar-refractivity contribution is 0.636. The van der Waals surface area contributed by atoms with E-state index in [1.165, 1.54) is 0 Å². The third kappa shape index (κ3) is 4.78. The maximum atomic E-state index is 5.71. The van der Waals surface area contributed by atoms with Gasteiger partial charge in [0, 0.05) is 30.6 Å². The second-order valence-electron chi connectivity index (χ2n) is 3.40. The number of nitrogens with two attached hydrogens (primary N) is 1. The highest BCUT2D eigenvalue weighted by atomic mass is 32.1. The minimum atomic E-state index is 0.383. The first-order chi connectivity index (χ1) is 7.22. The van der Waals surface area contributed by atoms with Crippen molar-refractivity contribution < 1.29 is 0 Å². The summed E-state index contributed by atoms with van der Waals surface area (Å²) in [5.74, 6) is 0.529. The van der Waals surface area contributed by atoms with Crippen molar-refractivity contribution in [3.05, 3.63) is 16.6 Å². The van der Waals surface area contributed by atoms with Crippen LogP contribution >= 0.6 is 11.3 Å². The molecule has 4 nitrogen and oxygen atoms in total. The second-order valence-corrected chi connectivity index (χ2v) is 4.38. The van der Waals surface area contributed by atoms with Crippen molar-refractivity contribution in [2.24, 2.45) is 10.7 Å². The van der Waals surface area contributed by atoms with E-state index in [1.54, 1.807) is 11.3 Å². The van der Waals surface area contributed by atoms with Gasteiger partial charge in [-0.3, -0.25) is 4.99 Å². The van der Waals surface area contributed by atoms with E-state index in [1.807, 2.05) is 11.6 Å². The molecule has 0 spiro atoms. The molecule has 1 aromatic rings. The van der Waals surface area contributed by atoms with Gasteiger partial charge in [0.2, 0.25) is 0 Å². The lowest BCUT2D eigenvalue weighted by atomic mass is 10.3. The molecule has 0 fully saturated rings. The van der Waals surface area contributed by atoms with E-state index in [-0.39, 0.29) is 0 Å². The van der Waals surface area contributed by atoms with E-state index >= 15 is 0 Å². The first-order valence-corrected chi connectivity index (χ1v) is 6.05. The number of guanidine groups is 1. The molecule has 1 rings (SSSR count). The van der Waals surface area contributed by atoms with E-state index in [0.717, 1.165) is 17.8 Å². The molecular weight excluding hydrogens is 208 g/mol. The van der Waals surface area contributed by atoms with Gasteiger partial charge in [-0.2, -0.15) is 0 Å². The van der Waals surface area contributed by atoms with Crippen molar-refractivity contribution in [3.63, 3.8) is 0 Å². The molecule has 1 aromatic heterocycles. The quantitative estimate of drug-likeness (QED) is 0.589. The van der Waals surface area contributed by atoms with E-state index in [2.05, 4.69) is 29.1 Å². The maximum Gasteiger partial charge on any atom is 0.188 e. The van der Waals surface area contributed by atoms with Crippen molar-refractivity contribution in [1.29, 1.82) is 0 Å². The number of nitrogens with zero attached hydrogens (tertiary/aromatic N) is 2. The van der Waals surface area contributed by atoms with Crippen LogP contribution in [0.1, 0.15) is 25.3 Å². The Balaban J connectivity index is 2.25. The average Bonchev–Trinajstić information content (AvgIpc) is 2.70. The summed E-state index contributed by atoms with van der Waals surface area (Å²) in [7, 11) is 0. The molecule has 0 saturated heterocycles. The second kappa shape index (κ2) is 6.40. The van der Waals surface area contributed by atoms with Gasteiger partial charge in [0.25, 0.3) is 0 Å². The Hall–Kier alpha value is -1.10. The molecular formula is C10H18N4S. The van der Waals surface area contributed by atoms with Crippen LogP contribution in [0.5, 0.6) is 0 Å². The zero-order chi connectivity index (χ0) is 11.1. The summed E-state index contributed by atoms with van der Waals surface area (Å²) in [6.07, 6.45) is 3.72. The van der Waals surface area contributed by atoms with Crippen molar-refractivity contribution in [2.75, 3.05) is 6.54 Å². The molecule has 0 unspecified atom stereocenters. The number of nitrogens with one attached hydrogen (secondary N) is 1. The summed E-state index contributed by atoms with van der Waals surface area (Å²) in [6.45, 7) is 4.90. The van der Waals surface area contributed by atoms with Crippen LogP contribution in [0.2, 0.25) is 0 Å². The molecule has 5 heteroatoms. The molecule has 0 saturated carbocycles. The SMILES string of the molecule is CC[C@H](C)NC(N)=NCCc1nccs1. The monoisotopic (exact) mass is 226 g/mol. The summed E-state index contributed by atoms with van der Waals surface area (Å²) in [6, 6.07) is 0.383. The predicted molar refractivity (Wildman–Crippen MR) is 65.2 cm³/mol. The van der Waals surface area contributed by atoms with Crippen molar-refractivity contribution in [2.45, 2.75) is 32.7 Å². The normalized spacial score (nSPS) is 13.9. The number of rotatable bonds is 5. The minimum absolute atomic E-state index is 0.383. The Morgan fingerprint density at radius 2 is 2.53 bits per heavy atom. The molecule has 0 aliphatic carbocycles. The van der Waals surface area contributed by atoms with E-state index < -0.39 is 0 Å². The summed E-state index contributed by atoms with van der Waals surface area (Å²) in [5, 5.41) is 6.20. The van der Waals surface area contributed by atoms with Crippen LogP contribution in [0.15, 0.2) is 16.6 Å². The topological polar surface area (TPSA) is 63.3 Å². The Labute approximate surface area is 94.6 Å². The van der Waals surface area contributed by atoms with Gasteiger partial charge >= 0.3 is 0 Å². The standard InChI is InChI=1S/C10H18N4S/c1-3-8(2)14-10(11)13-5-4-9-12-6-7-15-9/h6-8H,3-5H2,1-2H3,(H3,11,13,14)/t8-/m0/s1. The molecule has 1 heterocycles. The van der Waals surface area contributed by atoms with Gasteiger partial charge in [-0.15, -0.1) is 11.3 Å².